The SMILES string of the molecule is N#Cc1cc(Nc2ccc(F)cc2N)ccc1F. The Balaban J connectivity index is 2.32. The molecule has 0 heterocycles. The number of nitriles is 1. The summed E-state index contributed by atoms with van der Waals surface area (Å²) in [4.78, 5) is 0. The normalized spacial score (nSPS) is 9.83. The summed E-state index contributed by atoms with van der Waals surface area (Å²) in [7, 11) is 0. The predicted molar refractivity (Wildman–Crippen MR) is 65.2 cm³/mol. The van der Waals surface area contributed by atoms with Crippen molar-refractivity contribution in [1.29, 1.82) is 5.26 Å². The number of nitrogens with two attached hydrogens (primary N) is 1. The summed E-state index contributed by atoms with van der Waals surface area (Å²) in [6.45, 7) is 0. The zero-order valence-corrected chi connectivity index (χ0v) is 9.24. The molecule has 0 bridgehead atoms. The first-order valence-electron chi connectivity index (χ1n) is 5.12. The fourth-order valence-electron chi connectivity index (χ4n) is 1.49. The smallest absolute Gasteiger partial charge is 0.141 e. The molecular weight excluding hydrogens is 236 g/mol. The van der Waals surface area contributed by atoms with E-state index in [1.165, 1.54) is 36.4 Å². The summed E-state index contributed by atoms with van der Waals surface area (Å²) in [6, 6.07) is 9.66. The highest BCUT2D eigenvalue weighted by atomic mass is 19.1. The molecule has 2 rings (SSSR count). The standard InChI is InChI=1S/C13H9F2N3/c14-9-1-4-13(12(17)6-9)18-10-2-3-11(15)8(5-10)7-16/h1-6,18H,17H2. The van der Waals surface area contributed by atoms with Crippen LogP contribution in [0.4, 0.5) is 25.8 Å². The second-order valence-corrected chi connectivity index (χ2v) is 3.66. The molecular formula is C13H9F2N3. The molecule has 0 radical (unpaired) electrons. The molecule has 0 aliphatic heterocycles. The van der Waals surface area contributed by atoms with Gasteiger partial charge in [0.15, 0.2) is 0 Å². The number of hydrogen-bond acceptors (Lipinski definition) is 3. The molecule has 0 amide bonds. The lowest BCUT2D eigenvalue weighted by Gasteiger charge is -2.09. The van der Waals surface area contributed by atoms with Crippen molar-refractivity contribution < 1.29 is 8.78 Å². The Labute approximate surface area is 102 Å². The Morgan fingerprint density at radius 3 is 2.56 bits per heavy atom. The molecule has 0 saturated heterocycles. The van der Waals surface area contributed by atoms with Crippen molar-refractivity contribution in [3.63, 3.8) is 0 Å². The van der Waals surface area contributed by atoms with E-state index < -0.39 is 11.6 Å². The third kappa shape index (κ3) is 2.38. The number of nitrogen functional groups attached to an aromatic ring is 1. The van der Waals surface area contributed by atoms with Crippen LogP contribution in [0.2, 0.25) is 0 Å². The minimum atomic E-state index is -0.588. The van der Waals surface area contributed by atoms with Crippen LogP contribution < -0.4 is 11.1 Å². The van der Waals surface area contributed by atoms with Gasteiger partial charge < -0.3 is 11.1 Å². The monoisotopic (exact) mass is 245 g/mol. The number of rotatable bonds is 2. The lowest BCUT2D eigenvalue weighted by molar-refractivity contribution is 0.624. The Hall–Kier alpha value is -2.61. The van der Waals surface area contributed by atoms with Crippen LogP contribution >= 0.6 is 0 Å². The minimum Gasteiger partial charge on any atom is -0.397 e. The van der Waals surface area contributed by atoms with Gasteiger partial charge in [0.1, 0.15) is 17.7 Å². The second-order valence-electron chi connectivity index (χ2n) is 3.66. The van der Waals surface area contributed by atoms with Crippen LogP contribution in [0.25, 0.3) is 0 Å². The van der Waals surface area contributed by atoms with E-state index in [4.69, 9.17) is 11.0 Å². The van der Waals surface area contributed by atoms with Crippen LogP contribution in [0.15, 0.2) is 36.4 Å². The summed E-state index contributed by atoms with van der Waals surface area (Å²) in [5.74, 6) is -1.02. The van der Waals surface area contributed by atoms with Gasteiger partial charge in [-0.1, -0.05) is 0 Å². The lowest BCUT2D eigenvalue weighted by atomic mass is 10.2. The number of nitrogens with one attached hydrogen (secondary N) is 1. The summed E-state index contributed by atoms with van der Waals surface area (Å²) in [5, 5.41) is 11.6. The molecule has 0 unspecified atom stereocenters. The van der Waals surface area contributed by atoms with Crippen molar-refractivity contribution in [2.75, 3.05) is 11.1 Å². The highest BCUT2D eigenvalue weighted by Gasteiger charge is 2.05. The molecule has 5 heteroatoms. The van der Waals surface area contributed by atoms with Crippen molar-refractivity contribution in [2.24, 2.45) is 0 Å². The quantitative estimate of drug-likeness (QED) is 0.799. The van der Waals surface area contributed by atoms with Gasteiger partial charge in [0.05, 0.1) is 16.9 Å². The van der Waals surface area contributed by atoms with Crippen LogP contribution in [0.1, 0.15) is 5.56 Å². The number of halogens is 2. The van der Waals surface area contributed by atoms with Crippen molar-refractivity contribution >= 4 is 17.1 Å². The Morgan fingerprint density at radius 2 is 1.89 bits per heavy atom. The average molecular weight is 245 g/mol. The summed E-state index contributed by atoms with van der Waals surface area (Å²) in [5.41, 5.74) is 6.79. The summed E-state index contributed by atoms with van der Waals surface area (Å²) in [6.07, 6.45) is 0. The molecule has 90 valence electrons. The van der Waals surface area contributed by atoms with E-state index in [-0.39, 0.29) is 11.3 Å². The van der Waals surface area contributed by atoms with E-state index >= 15 is 0 Å². The van der Waals surface area contributed by atoms with E-state index in [0.29, 0.717) is 11.4 Å². The van der Waals surface area contributed by atoms with Crippen molar-refractivity contribution in [1.82, 2.24) is 0 Å². The number of nitrogens with zero attached hydrogens (tertiary/aromatic N) is 1. The highest BCUT2D eigenvalue weighted by Crippen LogP contribution is 2.24. The van der Waals surface area contributed by atoms with Gasteiger partial charge in [0.25, 0.3) is 0 Å². The number of hydrogen-bond donors (Lipinski definition) is 2. The molecule has 3 N–H and O–H groups in total. The molecule has 0 fully saturated rings. The molecule has 0 aliphatic rings. The van der Waals surface area contributed by atoms with Crippen LogP contribution in [0, 0.1) is 23.0 Å². The van der Waals surface area contributed by atoms with Gasteiger partial charge >= 0.3 is 0 Å². The maximum Gasteiger partial charge on any atom is 0.141 e. The maximum absolute atomic E-state index is 13.1. The molecule has 0 aliphatic carbocycles. The maximum atomic E-state index is 13.1. The van der Waals surface area contributed by atoms with Gasteiger partial charge in [0, 0.05) is 5.69 Å². The van der Waals surface area contributed by atoms with Gasteiger partial charge in [-0.15, -0.1) is 0 Å². The third-order valence-electron chi connectivity index (χ3n) is 2.38. The van der Waals surface area contributed by atoms with E-state index in [1.807, 2.05) is 0 Å². The number of anilines is 3. The van der Waals surface area contributed by atoms with Gasteiger partial charge in [-0.05, 0) is 36.4 Å². The van der Waals surface area contributed by atoms with E-state index in [2.05, 4.69) is 5.32 Å². The highest BCUT2D eigenvalue weighted by molar-refractivity contribution is 5.72. The van der Waals surface area contributed by atoms with Gasteiger partial charge in [-0.2, -0.15) is 5.26 Å². The summed E-state index contributed by atoms with van der Waals surface area (Å²) >= 11 is 0. The van der Waals surface area contributed by atoms with Crippen molar-refractivity contribution in [2.45, 2.75) is 0 Å². The molecule has 18 heavy (non-hydrogen) atoms. The molecule has 0 aromatic heterocycles. The number of benzene rings is 2. The van der Waals surface area contributed by atoms with Crippen molar-refractivity contribution in [3.8, 4) is 6.07 Å². The average Bonchev–Trinajstić information content (AvgIpc) is 2.35. The van der Waals surface area contributed by atoms with Crippen LogP contribution in [-0.4, -0.2) is 0 Å². The van der Waals surface area contributed by atoms with Crippen LogP contribution in [-0.2, 0) is 0 Å². The Kier molecular flexibility index (Phi) is 3.11. The first kappa shape index (κ1) is 11.9. The largest absolute Gasteiger partial charge is 0.397 e. The first-order chi connectivity index (χ1) is 8.60. The minimum absolute atomic E-state index is 0.0688. The Bertz CT molecular complexity index is 633. The lowest BCUT2D eigenvalue weighted by Crippen LogP contribution is -1.97. The second kappa shape index (κ2) is 4.72. The Morgan fingerprint density at radius 1 is 1.11 bits per heavy atom. The van der Waals surface area contributed by atoms with Crippen LogP contribution in [0.3, 0.4) is 0 Å². The summed E-state index contributed by atoms with van der Waals surface area (Å²) < 4.78 is 26.0. The fourth-order valence-corrected chi connectivity index (χ4v) is 1.49. The topological polar surface area (TPSA) is 61.8 Å². The predicted octanol–water partition coefficient (Wildman–Crippen LogP) is 3.16. The van der Waals surface area contributed by atoms with Gasteiger partial charge in [-0.3, -0.25) is 0 Å². The van der Waals surface area contributed by atoms with E-state index in [9.17, 15) is 8.78 Å². The van der Waals surface area contributed by atoms with E-state index in [0.717, 1.165) is 0 Å². The van der Waals surface area contributed by atoms with Crippen LogP contribution in [0.5, 0.6) is 0 Å². The molecule has 3 nitrogen and oxygen atoms in total. The molecule has 0 saturated carbocycles. The zero-order valence-electron chi connectivity index (χ0n) is 9.24. The zero-order chi connectivity index (χ0) is 13.1. The molecule has 2 aromatic carbocycles. The molecule has 0 spiro atoms. The molecule has 0 atom stereocenters. The third-order valence-corrected chi connectivity index (χ3v) is 2.38. The first-order valence-corrected chi connectivity index (χ1v) is 5.12. The van der Waals surface area contributed by atoms with E-state index in [1.54, 1.807) is 6.07 Å². The van der Waals surface area contributed by atoms with Crippen molar-refractivity contribution in [3.05, 3.63) is 53.6 Å². The fraction of sp³-hybridized carbons (Fsp3) is 0. The van der Waals surface area contributed by atoms with Gasteiger partial charge in [0.2, 0.25) is 0 Å². The molecule has 2 aromatic rings. The van der Waals surface area contributed by atoms with Gasteiger partial charge in [-0.25, -0.2) is 8.78 Å².